The van der Waals surface area contributed by atoms with Gasteiger partial charge in [0, 0.05) is 0 Å². The molecular weight excluding hydrogens is 333 g/mol. The summed E-state index contributed by atoms with van der Waals surface area (Å²) in [4.78, 5) is 37.6. The number of nitrogens with one attached hydrogen (secondary N) is 1. The van der Waals surface area contributed by atoms with Crippen LogP contribution in [0.2, 0.25) is 10.0 Å². The SMILES string of the molecule is COC(=O)C1=NN[C@@H]2C(=O)N(c3c(Cl)cccc3Cl)C(=O)[C@H]12. The van der Waals surface area contributed by atoms with Gasteiger partial charge in [0.15, 0.2) is 5.71 Å². The Morgan fingerprint density at radius 3 is 2.50 bits per heavy atom. The molecule has 1 aromatic carbocycles. The number of fused-ring (bicyclic) bond motifs is 1. The zero-order valence-electron chi connectivity index (χ0n) is 11.2. The molecule has 2 aliphatic rings. The Morgan fingerprint density at radius 2 is 1.91 bits per heavy atom. The lowest BCUT2D eigenvalue weighted by molar-refractivity contribution is -0.133. The molecule has 114 valence electrons. The van der Waals surface area contributed by atoms with E-state index in [9.17, 15) is 14.4 Å². The maximum absolute atomic E-state index is 12.6. The first kappa shape index (κ1) is 14.8. The number of nitrogens with zero attached hydrogens (tertiary/aromatic N) is 2. The fourth-order valence-electron chi connectivity index (χ4n) is 2.49. The summed E-state index contributed by atoms with van der Waals surface area (Å²) in [5.41, 5.74) is 2.45. The lowest BCUT2D eigenvalue weighted by Crippen LogP contribution is -2.36. The van der Waals surface area contributed by atoms with E-state index in [1.807, 2.05) is 0 Å². The summed E-state index contributed by atoms with van der Waals surface area (Å²) in [5.74, 6) is -3.02. The van der Waals surface area contributed by atoms with Gasteiger partial charge in [-0.05, 0) is 12.1 Å². The molecule has 1 N–H and O–H groups in total. The summed E-state index contributed by atoms with van der Waals surface area (Å²) in [6.45, 7) is 0. The van der Waals surface area contributed by atoms with Crippen LogP contribution >= 0.6 is 23.2 Å². The minimum absolute atomic E-state index is 0.0984. The van der Waals surface area contributed by atoms with Crippen molar-refractivity contribution in [3.63, 3.8) is 0 Å². The number of amides is 2. The van der Waals surface area contributed by atoms with Gasteiger partial charge in [0.05, 0.1) is 22.8 Å². The number of carbonyl (C=O) groups excluding carboxylic acids is 3. The second-order valence-corrected chi connectivity index (χ2v) is 5.47. The molecular formula is C13H9Cl2N3O4. The van der Waals surface area contributed by atoms with Crippen molar-refractivity contribution >= 4 is 52.4 Å². The van der Waals surface area contributed by atoms with E-state index >= 15 is 0 Å². The number of methoxy groups -OCH3 is 1. The van der Waals surface area contributed by atoms with Crippen LogP contribution in [0.4, 0.5) is 5.69 Å². The average molecular weight is 342 g/mol. The fourth-order valence-corrected chi connectivity index (χ4v) is 3.05. The summed E-state index contributed by atoms with van der Waals surface area (Å²) in [6.07, 6.45) is 0. The monoisotopic (exact) mass is 341 g/mol. The lowest BCUT2D eigenvalue weighted by atomic mass is 9.99. The number of esters is 1. The van der Waals surface area contributed by atoms with Crippen molar-refractivity contribution in [2.75, 3.05) is 12.0 Å². The molecule has 0 saturated carbocycles. The number of hydrazone groups is 1. The zero-order chi connectivity index (χ0) is 16.0. The number of benzene rings is 1. The number of ether oxygens (including phenoxy) is 1. The van der Waals surface area contributed by atoms with Crippen molar-refractivity contribution in [1.29, 1.82) is 0 Å². The van der Waals surface area contributed by atoms with Crippen LogP contribution < -0.4 is 10.3 Å². The van der Waals surface area contributed by atoms with E-state index in [2.05, 4.69) is 15.3 Å². The van der Waals surface area contributed by atoms with Gasteiger partial charge in [0.25, 0.3) is 5.91 Å². The number of anilines is 1. The zero-order valence-corrected chi connectivity index (χ0v) is 12.7. The highest BCUT2D eigenvalue weighted by Gasteiger charge is 2.56. The normalized spacial score (nSPS) is 23.2. The molecule has 2 amide bonds. The number of hydrogen-bond acceptors (Lipinski definition) is 6. The molecule has 0 aromatic heterocycles. The average Bonchev–Trinajstić information content (AvgIpc) is 3.02. The van der Waals surface area contributed by atoms with Crippen LogP contribution in [0.25, 0.3) is 0 Å². The van der Waals surface area contributed by atoms with Crippen LogP contribution in [-0.4, -0.2) is 36.6 Å². The first-order valence-corrected chi connectivity index (χ1v) is 6.96. The maximum atomic E-state index is 12.6. The van der Waals surface area contributed by atoms with Crippen LogP contribution in [0, 0.1) is 5.92 Å². The van der Waals surface area contributed by atoms with Gasteiger partial charge in [-0.15, -0.1) is 0 Å². The highest BCUT2D eigenvalue weighted by molar-refractivity contribution is 6.48. The van der Waals surface area contributed by atoms with E-state index in [1.54, 1.807) is 6.07 Å². The number of rotatable bonds is 2. The predicted molar refractivity (Wildman–Crippen MR) is 78.8 cm³/mol. The van der Waals surface area contributed by atoms with Crippen molar-refractivity contribution in [3.05, 3.63) is 28.2 Å². The molecule has 0 bridgehead atoms. The van der Waals surface area contributed by atoms with Gasteiger partial charge in [0.2, 0.25) is 5.91 Å². The van der Waals surface area contributed by atoms with Gasteiger partial charge < -0.3 is 4.74 Å². The lowest BCUT2D eigenvalue weighted by Gasteiger charge is -2.18. The molecule has 1 fully saturated rings. The molecule has 9 heteroatoms. The fraction of sp³-hybridized carbons (Fsp3) is 0.231. The van der Waals surface area contributed by atoms with Gasteiger partial charge in [-0.3, -0.25) is 15.0 Å². The largest absolute Gasteiger partial charge is 0.464 e. The number of carbonyl (C=O) groups is 3. The van der Waals surface area contributed by atoms with E-state index < -0.39 is 29.7 Å². The Kier molecular flexibility index (Phi) is 3.54. The van der Waals surface area contributed by atoms with Gasteiger partial charge in [-0.2, -0.15) is 5.10 Å². The van der Waals surface area contributed by atoms with Crippen LogP contribution in [0.3, 0.4) is 0 Å². The van der Waals surface area contributed by atoms with Gasteiger partial charge >= 0.3 is 5.97 Å². The summed E-state index contributed by atoms with van der Waals surface area (Å²) >= 11 is 12.1. The van der Waals surface area contributed by atoms with E-state index in [0.29, 0.717) is 0 Å². The number of imide groups is 1. The molecule has 22 heavy (non-hydrogen) atoms. The van der Waals surface area contributed by atoms with Crippen LogP contribution in [0.15, 0.2) is 23.3 Å². The quantitative estimate of drug-likeness (QED) is 0.640. The third-order valence-electron chi connectivity index (χ3n) is 3.48. The van der Waals surface area contributed by atoms with Gasteiger partial charge in [-0.25, -0.2) is 9.69 Å². The number of halogens is 2. The smallest absolute Gasteiger partial charge is 0.355 e. The van der Waals surface area contributed by atoms with E-state index in [0.717, 1.165) is 4.90 Å². The molecule has 0 unspecified atom stereocenters. The highest BCUT2D eigenvalue weighted by Crippen LogP contribution is 2.39. The predicted octanol–water partition coefficient (Wildman–Crippen LogP) is 0.984. The number of para-hydroxylation sites is 1. The minimum Gasteiger partial charge on any atom is -0.464 e. The van der Waals surface area contributed by atoms with Crippen LogP contribution in [0.1, 0.15) is 0 Å². The first-order valence-electron chi connectivity index (χ1n) is 6.20. The van der Waals surface area contributed by atoms with Gasteiger partial charge in [0.1, 0.15) is 12.0 Å². The van der Waals surface area contributed by atoms with Crippen molar-refractivity contribution in [1.82, 2.24) is 5.43 Å². The molecule has 7 nitrogen and oxygen atoms in total. The molecule has 2 atom stereocenters. The molecule has 1 saturated heterocycles. The molecule has 2 aliphatic heterocycles. The molecule has 2 heterocycles. The van der Waals surface area contributed by atoms with E-state index in [4.69, 9.17) is 23.2 Å². The topological polar surface area (TPSA) is 88.1 Å². The molecule has 1 aromatic rings. The van der Waals surface area contributed by atoms with Crippen molar-refractivity contribution < 1.29 is 19.1 Å². The Bertz CT molecular complexity index is 714. The minimum atomic E-state index is -1.05. The third kappa shape index (κ3) is 1.97. The third-order valence-corrected chi connectivity index (χ3v) is 4.09. The second-order valence-electron chi connectivity index (χ2n) is 4.66. The van der Waals surface area contributed by atoms with Gasteiger partial charge in [-0.1, -0.05) is 29.3 Å². The van der Waals surface area contributed by atoms with Crippen molar-refractivity contribution in [2.45, 2.75) is 6.04 Å². The molecule has 0 aliphatic carbocycles. The Labute approximate surface area is 134 Å². The summed E-state index contributed by atoms with van der Waals surface area (Å²) in [6, 6.07) is 3.66. The van der Waals surface area contributed by atoms with Crippen LogP contribution in [0.5, 0.6) is 0 Å². The van der Waals surface area contributed by atoms with E-state index in [-0.39, 0.29) is 21.4 Å². The number of hydrogen-bond donors (Lipinski definition) is 1. The second kappa shape index (κ2) is 5.26. The molecule has 0 spiro atoms. The van der Waals surface area contributed by atoms with Crippen LogP contribution in [-0.2, 0) is 19.1 Å². The van der Waals surface area contributed by atoms with Crippen molar-refractivity contribution in [3.8, 4) is 0 Å². The first-order chi connectivity index (χ1) is 10.5. The van der Waals surface area contributed by atoms with E-state index in [1.165, 1.54) is 19.2 Å². The summed E-state index contributed by atoms with van der Waals surface area (Å²) in [7, 11) is 1.17. The van der Waals surface area contributed by atoms with Crippen molar-refractivity contribution in [2.24, 2.45) is 11.0 Å². The molecule has 0 radical (unpaired) electrons. The molecule has 3 rings (SSSR count). The Hall–Kier alpha value is -2.12. The summed E-state index contributed by atoms with van der Waals surface area (Å²) < 4.78 is 4.57. The Balaban J connectivity index is 2.04. The maximum Gasteiger partial charge on any atom is 0.355 e. The Morgan fingerprint density at radius 1 is 1.27 bits per heavy atom. The summed E-state index contributed by atoms with van der Waals surface area (Å²) in [5, 5.41) is 4.04. The standard InChI is InChI=1S/C13H9Cl2N3O4/c1-22-13(21)9-7-8(16-17-9)12(20)18(11(7)19)10-5(14)3-2-4-6(10)15/h2-4,7-8,16H,1H3/t7-,8-/m0/s1. The highest BCUT2D eigenvalue weighted by atomic mass is 35.5.